The van der Waals surface area contributed by atoms with Crippen LogP contribution in [0.4, 0.5) is 0 Å². The van der Waals surface area contributed by atoms with Crippen molar-refractivity contribution < 1.29 is 14.3 Å². The van der Waals surface area contributed by atoms with Gasteiger partial charge in [0.1, 0.15) is 6.04 Å². The van der Waals surface area contributed by atoms with Crippen molar-refractivity contribution in [2.24, 2.45) is 5.73 Å². The van der Waals surface area contributed by atoms with Crippen LogP contribution in [0.2, 0.25) is 0 Å². The first-order chi connectivity index (χ1) is 6.61. The maximum absolute atomic E-state index is 11.0. The van der Waals surface area contributed by atoms with Crippen LogP contribution in [0.15, 0.2) is 0 Å². The molecule has 0 aromatic carbocycles. The summed E-state index contributed by atoms with van der Waals surface area (Å²) in [6.07, 6.45) is 0.582. The Morgan fingerprint density at radius 2 is 2.00 bits per heavy atom. The number of rotatable bonds is 6. The molecule has 0 aromatic rings. The Labute approximate surface area is 96.1 Å². The van der Waals surface area contributed by atoms with Gasteiger partial charge in [0.05, 0.1) is 6.61 Å². The Balaban J connectivity index is 0. The molecule has 5 nitrogen and oxygen atoms in total. The standard InChI is InChI=1S/C9H18N2O3.ClH/c1-3-11-8(12)6-5-7(10)9(13)14-4-2;/h7H,3-6,10H2,1-2H3,(H,11,12);1H/t7-;/m1./s1. The van der Waals surface area contributed by atoms with E-state index >= 15 is 0 Å². The number of esters is 1. The fourth-order valence-corrected chi connectivity index (χ4v) is 0.939. The van der Waals surface area contributed by atoms with Gasteiger partial charge in [-0.1, -0.05) is 0 Å². The Morgan fingerprint density at radius 3 is 2.47 bits per heavy atom. The highest BCUT2D eigenvalue weighted by atomic mass is 35.5. The molecule has 1 atom stereocenters. The van der Waals surface area contributed by atoms with Gasteiger partial charge in [-0.25, -0.2) is 0 Å². The molecular formula is C9H19ClN2O3. The second kappa shape index (κ2) is 9.73. The number of ether oxygens (including phenoxy) is 1. The fourth-order valence-electron chi connectivity index (χ4n) is 0.939. The SMILES string of the molecule is CCNC(=O)CC[C@@H](N)C(=O)OCC.Cl. The molecule has 0 spiro atoms. The van der Waals surface area contributed by atoms with Gasteiger partial charge in [-0.05, 0) is 20.3 Å². The third kappa shape index (κ3) is 8.20. The number of hydrogen-bond acceptors (Lipinski definition) is 4. The third-order valence-electron chi connectivity index (χ3n) is 1.65. The van der Waals surface area contributed by atoms with E-state index in [-0.39, 0.29) is 24.7 Å². The average molecular weight is 239 g/mol. The summed E-state index contributed by atoms with van der Waals surface area (Å²) in [5.41, 5.74) is 5.49. The van der Waals surface area contributed by atoms with E-state index in [0.29, 0.717) is 19.6 Å². The van der Waals surface area contributed by atoms with E-state index in [1.807, 2.05) is 6.92 Å². The average Bonchev–Trinajstić information content (AvgIpc) is 2.15. The van der Waals surface area contributed by atoms with Crippen LogP contribution in [0, 0.1) is 0 Å². The van der Waals surface area contributed by atoms with E-state index in [1.165, 1.54) is 0 Å². The number of nitrogens with one attached hydrogen (secondary N) is 1. The van der Waals surface area contributed by atoms with Crippen molar-refractivity contribution in [1.29, 1.82) is 0 Å². The van der Waals surface area contributed by atoms with Gasteiger partial charge in [0.25, 0.3) is 0 Å². The zero-order valence-electron chi connectivity index (χ0n) is 9.12. The summed E-state index contributed by atoms with van der Waals surface area (Å²) in [6, 6.07) is -0.697. The van der Waals surface area contributed by atoms with Gasteiger partial charge in [0.15, 0.2) is 0 Å². The van der Waals surface area contributed by atoms with Crippen molar-refractivity contribution >= 4 is 24.3 Å². The lowest BCUT2D eigenvalue weighted by Crippen LogP contribution is -2.34. The third-order valence-corrected chi connectivity index (χ3v) is 1.65. The summed E-state index contributed by atoms with van der Waals surface area (Å²) in [7, 11) is 0. The number of carbonyl (C=O) groups is 2. The molecule has 3 N–H and O–H groups in total. The monoisotopic (exact) mass is 238 g/mol. The van der Waals surface area contributed by atoms with Gasteiger partial charge in [-0.15, -0.1) is 12.4 Å². The molecule has 0 aromatic heterocycles. The quantitative estimate of drug-likeness (QED) is 0.649. The lowest BCUT2D eigenvalue weighted by Gasteiger charge is -2.09. The molecule has 0 bridgehead atoms. The van der Waals surface area contributed by atoms with E-state index in [0.717, 1.165) is 0 Å². The van der Waals surface area contributed by atoms with Crippen LogP contribution in [-0.2, 0) is 14.3 Å². The fraction of sp³-hybridized carbons (Fsp3) is 0.778. The molecule has 90 valence electrons. The minimum Gasteiger partial charge on any atom is -0.465 e. The zero-order valence-corrected chi connectivity index (χ0v) is 9.93. The van der Waals surface area contributed by atoms with E-state index < -0.39 is 12.0 Å². The van der Waals surface area contributed by atoms with Gasteiger partial charge < -0.3 is 15.8 Å². The minimum absolute atomic E-state index is 0. The first kappa shape index (κ1) is 16.6. The summed E-state index contributed by atoms with van der Waals surface area (Å²) >= 11 is 0. The van der Waals surface area contributed by atoms with E-state index in [2.05, 4.69) is 5.32 Å². The van der Waals surface area contributed by atoms with Gasteiger partial charge in [-0.3, -0.25) is 9.59 Å². The smallest absolute Gasteiger partial charge is 0.322 e. The molecule has 0 rings (SSSR count). The molecule has 0 heterocycles. The Kier molecular flexibility index (Phi) is 10.8. The molecule has 0 saturated carbocycles. The topological polar surface area (TPSA) is 81.4 Å². The predicted octanol–water partition coefficient (Wildman–Crippen LogP) is 0.215. The number of halogens is 1. The highest BCUT2D eigenvalue weighted by Gasteiger charge is 2.15. The molecule has 0 unspecified atom stereocenters. The van der Waals surface area contributed by atoms with Crippen LogP contribution >= 0.6 is 12.4 Å². The molecule has 0 radical (unpaired) electrons. The van der Waals surface area contributed by atoms with Crippen molar-refractivity contribution in [2.75, 3.05) is 13.2 Å². The Bertz CT molecular complexity index is 200. The summed E-state index contributed by atoms with van der Waals surface area (Å²) in [4.78, 5) is 22.0. The van der Waals surface area contributed by atoms with Crippen LogP contribution in [-0.4, -0.2) is 31.1 Å². The van der Waals surface area contributed by atoms with E-state index in [9.17, 15) is 9.59 Å². The maximum Gasteiger partial charge on any atom is 0.322 e. The molecule has 6 heteroatoms. The molecule has 1 amide bonds. The molecule has 0 aliphatic carbocycles. The van der Waals surface area contributed by atoms with Crippen LogP contribution in [0.25, 0.3) is 0 Å². The van der Waals surface area contributed by atoms with Gasteiger partial charge in [0, 0.05) is 13.0 Å². The van der Waals surface area contributed by atoms with Crippen LogP contribution in [0.3, 0.4) is 0 Å². The second-order valence-electron chi connectivity index (χ2n) is 2.85. The molecule has 0 fully saturated rings. The van der Waals surface area contributed by atoms with Gasteiger partial charge in [0.2, 0.25) is 5.91 Å². The number of hydrogen-bond donors (Lipinski definition) is 2. The Hall–Kier alpha value is -0.810. The number of amides is 1. The zero-order chi connectivity index (χ0) is 11.0. The van der Waals surface area contributed by atoms with Crippen LogP contribution < -0.4 is 11.1 Å². The van der Waals surface area contributed by atoms with Gasteiger partial charge >= 0.3 is 5.97 Å². The van der Waals surface area contributed by atoms with Crippen molar-refractivity contribution in [1.82, 2.24) is 5.32 Å². The normalized spacial score (nSPS) is 11.1. The largest absolute Gasteiger partial charge is 0.465 e. The summed E-state index contributed by atoms with van der Waals surface area (Å²) in [5, 5.41) is 2.63. The summed E-state index contributed by atoms with van der Waals surface area (Å²) in [6.45, 7) is 4.46. The predicted molar refractivity (Wildman–Crippen MR) is 59.8 cm³/mol. The van der Waals surface area contributed by atoms with Crippen LogP contribution in [0.1, 0.15) is 26.7 Å². The highest BCUT2D eigenvalue weighted by Crippen LogP contribution is 1.97. The first-order valence-electron chi connectivity index (χ1n) is 4.80. The molecular weight excluding hydrogens is 220 g/mol. The minimum atomic E-state index is -0.697. The molecule has 0 saturated heterocycles. The van der Waals surface area contributed by atoms with E-state index in [1.54, 1.807) is 6.92 Å². The number of carbonyl (C=O) groups excluding carboxylic acids is 2. The van der Waals surface area contributed by atoms with Gasteiger partial charge in [-0.2, -0.15) is 0 Å². The lowest BCUT2D eigenvalue weighted by molar-refractivity contribution is -0.144. The van der Waals surface area contributed by atoms with Crippen molar-refractivity contribution in [2.45, 2.75) is 32.7 Å². The molecule has 0 aliphatic heterocycles. The first-order valence-corrected chi connectivity index (χ1v) is 4.80. The maximum atomic E-state index is 11.0. The summed E-state index contributed by atoms with van der Waals surface area (Å²) < 4.78 is 4.70. The van der Waals surface area contributed by atoms with Crippen molar-refractivity contribution in [3.63, 3.8) is 0 Å². The van der Waals surface area contributed by atoms with E-state index in [4.69, 9.17) is 10.5 Å². The Morgan fingerprint density at radius 1 is 1.40 bits per heavy atom. The van der Waals surface area contributed by atoms with Crippen molar-refractivity contribution in [3.05, 3.63) is 0 Å². The van der Waals surface area contributed by atoms with Crippen molar-refractivity contribution in [3.8, 4) is 0 Å². The molecule has 15 heavy (non-hydrogen) atoms. The second-order valence-corrected chi connectivity index (χ2v) is 2.85. The highest BCUT2D eigenvalue weighted by molar-refractivity contribution is 5.85. The lowest BCUT2D eigenvalue weighted by atomic mass is 10.1. The number of nitrogens with two attached hydrogens (primary N) is 1. The molecule has 0 aliphatic rings. The van der Waals surface area contributed by atoms with Crippen LogP contribution in [0.5, 0.6) is 0 Å². The summed E-state index contributed by atoms with van der Waals surface area (Å²) in [5.74, 6) is -0.538.